The second kappa shape index (κ2) is 9.47. The Labute approximate surface area is 158 Å². The zero-order valence-electron chi connectivity index (χ0n) is 15.0. The number of amides is 2. The molecule has 8 heteroatoms. The van der Waals surface area contributed by atoms with Crippen LogP contribution in [0.5, 0.6) is 0 Å². The van der Waals surface area contributed by atoms with Crippen molar-refractivity contribution in [2.75, 3.05) is 6.54 Å². The Balaban J connectivity index is 1.70. The van der Waals surface area contributed by atoms with Crippen LogP contribution in [0.2, 0.25) is 0 Å². The van der Waals surface area contributed by atoms with E-state index in [1.807, 2.05) is 0 Å². The van der Waals surface area contributed by atoms with Crippen LogP contribution in [0.25, 0.3) is 0 Å². The van der Waals surface area contributed by atoms with E-state index in [0.29, 0.717) is 16.9 Å². The maximum absolute atomic E-state index is 13.5. The summed E-state index contributed by atoms with van der Waals surface area (Å²) in [6.45, 7) is 4.13. The van der Waals surface area contributed by atoms with E-state index >= 15 is 0 Å². The van der Waals surface area contributed by atoms with Gasteiger partial charge in [0.25, 0.3) is 11.8 Å². The predicted octanol–water partition coefficient (Wildman–Crippen LogP) is 1.88. The lowest BCUT2D eigenvalue weighted by Crippen LogP contribution is -2.53. The topological polar surface area (TPSA) is 82.3 Å². The molecule has 2 rings (SSSR count). The molecule has 0 saturated heterocycles. The molecule has 1 aromatic rings. The molecule has 1 aliphatic rings. The summed E-state index contributed by atoms with van der Waals surface area (Å²) in [5.74, 6) is -0.635. The van der Waals surface area contributed by atoms with Crippen LogP contribution in [-0.2, 0) is 4.79 Å². The standard InChI is InChI=1S/C18H25FN4O2S/c1-11-6-5-9-15(12(11)2)21-18(26)23-22-16(24)10-20-17(25)13-7-3-4-8-14(13)19/h3-4,7-8,11-12,15H,5-6,9-10H2,1-2H3,(H,20,25)(H,22,24)(H2,21,23,26)/t11-,12-,15+/m1/s1. The van der Waals surface area contributed by atoms with E-state index in [2.05, 4.69) is 35.3 Å². The Kier molecular flexibility index (Phi) is 7.32. The number of thiocarbonyl (C=S) groups is 1. The second-order valence-electron chi connectivity index (χ2n) is 6.68. The number of hydrazine groups is 1. The minimum Gasteiger partial charge on any atom is -0.358 e. The lowest BCUT2D eigenvalue weighted by atomic mass is 9.78. The summed E-state index contributed by atoms with van der Waals surface area (Å²) in [6, 6.07) is 5.86. The summed E-state index contributed by atoms with van der Waals surface area (Å²) in [5, 5.41) is 5.92. The molecule has 26 heavy (non-hydrogen) atoms. The summed E-state index contributed by atoms with van der Waals surface area (Å²) >= 11 is 5.20. The molecule has 1 saturated carbocycles. The molecular weight excluding hydrogens is 355 g/mol. The fourth-order valence-corrected chi connectivity index (χ4v) is 3.26. The Hall–Kier alpha value is -2.22. The van der Waals surface area contributed by atoms with Gasteiger partial charge < -0.3 is 10.6 Å². The maximum atomic E-state index is 13.5. The van der Waals surface area contributed by atoms with Gasteiger partial charge in [-0.3, -0.25) is 20.4 Å². The number of hydrogen-bond donors (Lipinski definition) is 4. The highest BCUT2D eigenvalue weighted by Crippen LogP contribution is 2.29. The molecule has 0 radical (unpaired) electrons. The summed E-state index contributed by atoms with van der Waals surface area (Å²) in [4.78, 5) is 23.7. The molecule has 1 aliphatic carbocycles. The van der Waals surface area contributed by atoms with Gasteiger partial charge in [0.05, 0.1) is 12.1 Å². The number of nitrogens with one attached hydrogen (secondary N) is 4. The van der Waals surface area contributed by atoms with Crippen molar-refractivity contribution >= 4 is 29.1 Å². The zero-order chi connectivity index (χ0) is 19.1. The summed E-state index contributed by atoms with van der Waals surface area (Å²) in [5.41, 5.74) is 4.95. The van der Waals surface area contributed by atoms with Gasteiger partial charge in [-0.1, -0.05) is 38.8 Å². The van der Waals surface area contributed by atoms with Gasteiger partial charge in [-0.05, 0) is 42.6 Å². The van der Waals surface area contributed by atoms with Crippen LogP contribution in [0.15, 0.2) is 24.3 Å². The molecule has 3 atom stereocenters. The molecule has 1 fully saturated rings. The van der Waals surface area contributed by atoms with E-state index in [9.17, 15) is 14.0 Å². The fourth-order valence-electron chi connectivity index (χ4n) is 3.06. The number of halogens is 1. The van der Waals surface area contributed by atoms with Crippen LogP contribution < -0.4 is 21.5 Å². The molecule has 0 unspecified atom stereocenters. The first-order valence-corrected chi connectivity index (χ1v) is 9.17. The van der Waals surface area contributed by atoms with Crippen molar-refractivity contribution in [1.29, 1.82) is 0 Å². The van der Waals surface area contributed by atoms with E-state index < -0.39 is 17.6 Å². The molecule has 0 heterocycles. The van der Waals surface area contributed by atoms with E-state index in [0.717, 1.165) is 12.8 Å². The molecule has 1 aromatic carbocycles. The first-order chi connectivity index (χ1) is 12.4. The molecule has 0 aromatic heterocycles. The van der Waals surface area contributed by atoms with Gasteiger partial charge in [0.2, 0.25) is 0 Å². The smallest absolute Gasteiger partial charge is 0.257 e. The number of carbonyl (C=O) groups is 2. The Morgan fingerprint density at radius 3 is 2.65 bits per heavy atom. The van der Waals surface area contributed by atoms with Crippen LogP contribution in [-0.4, -0.2) is 29.5 Å². The zero-order valence-corrected chi connectivity index (χ0v) is 15.8. The van der Waals surface area contributed by atoms with Gasteiger partial charge in [0.1, 0.15) is 5.82 Å². The minimum absolute atomic E-state index is 0.106. The molecule has 4 N–H and O–H groups in total. The SMILES string of the molecule is C[C@@H]1[C@H](C)CCC[C@@H]1NC(=S)NNC(=O)CNC(=O)c1ccccc1F. The predicted molar refractivity (Wildman–Crippen MR) is 102 cm³/mol. The molecule has 0 bridgehead atoms. The Morgan fingerprint density at radius 1 is 1.19 bits per heavy atom. The number of hydrogen-bond acceptors (Lipinski definition) is 3. The molecule has 0 spiro atoms. The molecule has 6 nitrogen and oxygen atoms in total. The highest BCUT2D eigenvalue weighted by molar-refractivity contribution is 7.80. The Bertz CT molecular complexity index is 670. The summed E-state index contributed by atoms with van der Waals surface area (Å²) in [7, 11) is 0. The third-order valence-electron chi connectivity index (χ3n) is 4.87. The largest absolute Gasteiger partial charge is 0.358 e. The van der Waals surface area contributed by atoms with Gasteiger partial charge >= 0.3 is 0 Å². The van der Waals surface area contributed by atoms with Gasteiger partial charge in [-0.15, -0.1) is 0 Å². The lowest BCUT2D eigenvalue weighted by molar-refractivity contribution is -0.120. The summed E-state index contributed by atoms with van der Waals surface area (Å²) < 4.78 is 13.5. The average Bonchev–Trinajstić information content (AvgIpc) is 2.62. The van der Waals surface area contributed by atoms with Crippen molar-refractivity contribution in [3.8, 4) is 0 Å². The molecule has 142 valence electrons. The van der Waals surface area contributed by atoms with E-state index in [1.165, 1.54) is 24.6 Å². The van der Waals surface area contributed by atoms with Crippen molar-refractivity contribution in [3.63, 3.8) is 0 Å². The first kappa shape index (κ1) is 20.1. The van der Waals surface area contributed by atoms with Crippen LogP contribution >= 0.6 is 12.2 Å². The van der Waals surface area contributed by atoms with Gasteiger partial charge in [-0.2, -0.15) is 0 Å². The van der Waals surface area contributed by atoms with Crippen LogP contribution in [0.1, 0.15) is 43.5 Å². The van der Waals surface area contributed by atoms with Crippen molar-refractivity contribution in [3.05, 3.63) is 35.6 Å². The molecular formula is C18H25FN4O2S. The van der Waals surface area contributed by atoms with Crippen molar-refractivity contribution in [1.82, 2.24) is 21.5 Å². The summed E-state index contributed by atoms with van der Waals surface area (Å²) in [6.07, 6.45) is 3.41. The Morgan fingerprint density at radius 2 is 1.92 bits per heavy atom. The molecule has 2 amide bonds. The first-order valence-electron chi connectivity index (χ1n) is 8.76. The number of benzene rings is 1. The lowest BCUT2D eigenvalue weighted by Gasteiger charge is -2.35. The normalized spacial score (nSPS) is 22.2. The highest BCUT2D eigenvalue weighted by atomic mass is 32.1. The van der Waals surface area contributed by atoms with Crippen molar-refractivity contribution in [2.24, 2.45) is 11.8 Å². The van der Waals surface area contributed by atoms with E-state index in [-0.39, 0.29) is 18.2 Å². The van der Waals surface area contributed by atoms with Gasteiger partial charge in [0.15, 0.2) is 5.11 Å². The van der Waals surface area contributed by atoms with Crippen molar-refractivity contribution in [2.45, 2.75) is 39.2 Å². The van der Waals surface area contributed by atoms with E-state index in [1.54, 1.807) is 6.07 Å². The van der Waals surface area contributed by atoms with Gasteiger partial charge in [0, 0.05) is 6.04 Å². The maximum Gasteiger partial charge on any atom is 0.257 e. The number of carbonyl (C=O) groups excluding carboxylic acids is 2. The quantitative estimate of drug-likeness (QED) is 0.474. The average molecular weight is 380 g/mol. The van der Waals surface area contributed by atoms with Crippen LogP contribution in [0.4, 0.5) is 4.39 Å². The fraction of sp³-hybridized carbons (Fsp3) is 0.500. The van der Waals surface area contributed by atoms with Crippen LogP contribution in [0.3, 0.4) is 0 Å². The van der Waals surface area contributed by atoms with Gasteiger partial charge in [-0.25, -0.2) is 4.39 Å². The van der Waals surface area contributed by atoms with Crippen LogP contribution in [0, 0.1) is 17.7 Å². The monoisotopic (exact) mass is 380 g/mol. The minimum atomic E-state index is -0.649. The van der Waals surface area contributed by atoms with E-state index in [4.69, 9.17) is 12.2 Å². The molecule has 0 aliphatic heterocycles. The third kappa shape index (κ3) is 5.66. The third-order valence-corrected chi connectivity index (χ3v) is 5.09. The highest BCUT2D eigenvalue weighted by Gasteiger charge is 2.27. The number of rotatable bonds is 4. The second-order valence-corrected chi connectivity index (χ2v) is 7.09. The van der Waals surface area contributed by atoms with Crippen molar-refractivity contribution < 1.29 is 14.0 Å².